The number of anilines is 1. The van der Waals surface area contributed by atoms with Gasteiger partial charge in [-0.05, 0) is 57.5 Å². The van der Waals surface area contributed by atoms with Gasteiger partial charge in [0.2, 0.25) is 0 Å². The van der Waals surface area contributed by atoms with Crippen molar-refractivity contribution in [3.8, 4) is 11.5 Å². The zero-order valence-corrected chi connectivity index (χ0v) is 22.5. The summed E-state index contributed by atoms with van der Waals surface area (Å²) in [5.41, 5.74) is 1.78. The highest BCUT2D eigenvalue weighted by Crippen LogP contribution is 2.46. The van der Waals surface area contributed by atoms with Crippen molar-refractivity contribution in [1.82, 2.24) is 4.98 Å². The first kappa shape index (κ1) is 26.9. The van der Waals surface area contributed by atoms with Gasteiger partial charge in [-0.25, -0.2) is 9.78 Å². The van der Waals surface area contributed by atoms with Crippen LogP contribution in [0.15, 0.2) is 48.0 Å². The quantitative estimate of drug-likeness (QED) is 0.186. The smallest absolute Gasteiger partial charge is 0.350 e. The van der Waals surface area contributed by atoms with Crippen LogP contribution in [0.5, 0.6) is 11.5 Å². The summed E-state index contributed by atoms with van der Waals surface area (Å²) in [4.78, 5) is 45.4. The molecule has 3 aromatic rings. The van der Waals surface area contributed by atoms with Gasteiger partial charge in [0.05, 0.1) is 31.6 Å². The molecule has 1 fully saturated rings. The number of hydrogen-bond acceptors (Lipinski definition) is 9. The van der Waals surface area contributed by atoms with Gasteiger partial charge in [0.15, 0.2) is 5.13 Å². The van der Waals surface area contributed by atoms with Gasteiger partial charge in [-0.15, -0.1) is 0 Å². The topological polar surface area (TPSA) is 115 Å². The Hall–Kier alpha value is -4.18. The monoisotopic (exact) mass is 536 g/mol. The van der Waals surface area contributed by atoms with E-state index in [4.69, 9.17) is 14.2 Å². The molecule has 1 amide bonds. The summed E-state index contributed by atoms with van der Waals surface area (Å²) >= 11 is 0.952. The number of hydrogen-bond donors (Lipinski definition) is 1. The Labute approximate surface area is 224 Å². The second kappa shape index (κ2) is 11.1. The number of amides is 1. The zero-order valence-electron chi connectivity index (χ0n) is 21.7. The van der Waals surface area contributed by atoms with E-state index in [9.17, 15) is 19.5 Å². The van der Waals surface area contributed by atoms with Crippen molar-refractivity contribution in [1.29, 1.82) is 0 Å². The first-order valence-corrected chi connectivity index (χ1v) is 12.9. The van der Waals surface area contributed by atoms with Crippen molar-refractivity contribution in [2.24, 2.45) is 0 Å². The largest absolute Gasteiger partial charge is 0.507 e. The number of nitrogens with zero attached hydrogens (tertiary/aromatic N) is 2. The van der Waals surface area contributed by atoms with Gasteiger partial charge >= 0.3 is 11.9 Å². The van der Waals surface area contributed by atoms with Gasteiger partial charge in [-0.3, -0.25) is 14.5 Å². The molecule has 2 heterocycles. The van der Waals surface area contributed by atoms with Gasteiger partial charge < -0.3 is 19.3 Å². The summed E-state index contributed by atoms with van der Waals surface area (Å²) in [7, 11) is 1.53. The number of carbonyl (C=O) groups excluding carboxylic acids is 3. The summed E-state index contributed by atoms with van der Waals surface area (Å²) in [6, 6.07) is 11.0. The number of aliphatic hydroxyl groups excluding tert-OH is 1. The van der Waals surface area contributed by atoms with Crippen LogP contribution < -0.4 is 14.4 Å². The van der Waals surface area contributed by atoms with Gasteiger partial charge in [0, 0.05) is 11.1 Å². The third kappa shape index (κ3) is 4.74. The Bertz CT molecular complexity index is 1440. The number of carbonyl (C=O) groups is 3. The molecule has 1 aliphatic rings. The van der Waals surface area contributed by atoms with Crippen LogP contribution in [0.2, 0.25) is 0 Å². The van der Waals surface area contributed by atoms with Crippen molar-refractivity contribution in [2.45, 2.75) is 33.7 Å². The maximum absolute atomic E-state index is 13.5. The maximum Gasteiger partial charge on any atom is 0.350 e. The first-order chi connectivity index (χ1) is 18.2. The third-order valence-corrected chi connectivity index (χ3v) is 7.24. The van der Waals surface area contributed by atoms with E-state index in [2.05, 4.69) is 4.98 Å². The highest BCUT2D eigenvalue weighted by Gasteiger charge is 2.49. The number of aryl methyl sites for hydroxylation is 2. The molecule has 4 rings (SSSR count). The van der Waals surface area contributed by atoms with Crippen LogP contribution in [0.1, 0.15) is 51.9 Å². The molecule has 9 nitrogen and oxygen atoms in total. The Morgan fingerprint density at radius 2 is 1.84 bits per heavy atom. The summed E-state index contributed by atoms with van der Waals surface area (Å²) in [5.74, 6) is -1.62. The summed E-state index contributed by atoms with van der Waals surface area (Å²) in [6.07, 6.45) is 0. The molecular formula is C28H28N2O7S. The number of para-hydroxylation sites is 1. The van der Waals surface area contributed by atoms with Crippen molar-refractivity contribution in [3.63, 3.8) is 0 Å². The molecule has 0 aliphatic carbocycles. The average molecular weight is 537 g/mol. The minimum absolute atomic E-state index is 0.110. The van der Waals surface area contributed by atoms with Gasteiger partial charge in [-0.1, -0.05) is 29.5 Å². The Morgan fingerprint density at radius 3 is 2.50 bits per heavy atom. The molecule has 1 aliphatic heterocycles. The average Bonchev–Trinajstić information content (AvgIpc) is 3.40. The molecule has 2 aromatic carbocycles. The van der Waals surface area contributed by atoms with Crippen LogP contribution in [-0.4, -0.2) is 48.1 Å². The fourth-order valence-electron chi connectivity index (χ4n) is 4.36. The normalized spacial score (nSPS) is 16.6. The molecule has 1 atom stereocenters. The van der Waals surface area contributed by atoms with Gasteiger partial charge in [0.25, 0.3) is 5.78 Å². The van der Waals surface area contributed by atoms with E-state index < -0.39 is 23.7 Å². The Morgan fingerprint density at radius 1 is 1.11 bits per heavy atom. The molecule has 1 aromatic heterocycles. The van der Waals surface area contributed by atoms with Crippen LogP contribution >= 0.6 is 11.3 Å². The van der Waals surface area contributed by atoms with E-state index in [-0.39, 0.29) is 27.9 Å². The molecule has 0 spiro atoms. The number of Topliss-reactive ketones (excluding diaryl/α,β-unsaturated/α-hetero) is 1. The molecular weight excluding hydrogens is 508 g/mol. The number of esters is 1. The molecule has 1 saturated heterocycles. The zero-order chi connectivity index (χ0) is 27.6. The number of aromatic nitrogens is 1. The molecule has 0 bridgehead atoms. The minimum atomic E-state index is -1.06. The van der Waals surface area contributed by atoms with E-state index >= 15 is 0 Å². The van der Waals surface area contributed by atoms with Crippen LogP contribution in [0, 0.1) is 13.8 Å². The molecule has 198 valence electrons. The predicted molar refractivity (Wildman–Crippen MR) is 143 cm³/mol. The van der Waals surface area contributed by atoms with Crippen molar-refractivity contribution < 1.29 is 33.7 Å². The lowest BCUT2D eigenvalue weighted by molar-refractivity contribution is -0.132. The SMILES string of the molecule is CCOC(=O)c1sc(N2C(=O)C(=O)/C(=C(/O)c3ccc(OC)cc3C)[C@@H]2c2ccccc2OCC)nc1C. The first-order valence-electron chi connectivity index (χ1n) is 12.1. The van der Waals surface area contributed by atoms with E-state index in [1.54, 1.807) is 63.2 Å². The van der Waals surface area contributed by atoms with E-state index in [1.807, 2.05) is 6.92 Å². The second-order valence-corrected chi connectivity index (χ2v) is 9.43. The molecule has 0 saturated carbocycles. The minimum Gasteiger partial charge on any atom is -0.507 e. The van der Waals surface area contributed by atoms with E-state index in [0.29, 0.717) is 40.5 Å². The van der Waals surface area contributed by atoms with Crippen LogP contribution in [0.25, 0.3) is 5.76 Å². The van der Waals surface area contributed by atoms with Crippen LogP contribution in [0.3, 0.4) is 0 Å². The number of rotatable bonds is 8. The number of thiazole rings is 1. The summed E-state index contributed by atoms with van der Waals surface area (Å²) < 4.78 is 16.2. The molecule has 0 radical (unpaired) electrons. The molecule has 10 heteroatoms. The number of ether oxygens (including phenoxy) is 3. The van der Waals surface area contributed by atoms with Crippen LogP contribution in [-0.2, 0) is 14.3 Å². The summed E-state index contributed by atoms with van der Waals surface area (Å²) in [6.45, 7) is 7.44. The van der Waals surface area contributed by atoms with Crippen molar-refractivity contribution >= 4 is 39.9 Å². The Balaban J connectivity index is 1.96. The lowest BCUT2D eigenvalue weighted by atomic mass is 9.93. The number of ketones is 1. The molecule has 1 N–H and O–H groups in total. The van der Waals surface area contributed by atoms with Gasteiger partial charge in [-0.2, -0.15) is 0 Å². The Kier molecular flexibility index (Phi) is 7.82. The second-order valence-electron chi connectivity index (χ2n) is 8.45. The maximum atomic E-state index is 13.5. The third-order valence-electron chi connectivity index (χ3n) is 6.10. The lowest BCUT2D eigenvalue weighted by Gasteiger charge is -2.25. The molecule has 38 heavy (non-hydrogen) atoms. The highest BCUT2D eigenvalue weighted by atomic mass is 32.1. The number of aliphatic hydroxyl groups is 1. The fraction of sp³-hybridized carbons (Fsp3) is 0.286. The standard InChI is InChI=1S/C28H28N2O7S/c1-6-36-20-11-9-8-10-19(20)22-21(23(31)18-13-12-17(35-5)14-15(18)3)24(32)26(33)30(22)28-29-16(4)25(38-28)27(34)37-7-2/h8-14,22,31H,6-7H2,1-5H3/b23-21+/t22-/m0/s1. The van der Waals surface area contributed by atoms with Crippen LogP contribution in [0.4, 0.5) is 5.13 Å². The van der Waals surface area contributed by atoms with Crippen molar-refractivity contribution in [2.75, 3.05) is 25.2 Å². The lowest BCUT2D eigenvalue weighted by Crippen LogP contribution is -2.29. The van der Waals surface area contributed by atoms with Crippen molar-refractivity contribution in [3.05, 3.63) is 75.3 Å². The predicted octanol–water partition coefficient (Wildman–Crippen LogP) is 4.97. The number of benzene rings is 2. The highest BCUT2D eigenvalue weighted by molar-refractivity contribution is 7.17. The number of methoxy groups -OCH3 is 1. The fourth-order valence-corrected chi connectivity index (χ4v) is 5.35. The van der Waals surface area contributed by atoms with E-state index in [1.165, 1.54) is 12.0 Å². The molecule has 0 unspecified atom stereocenters. The summed E-state index contributed by atoms with van der Waals surface area (Å²) in [5, 5.41) is 11.6. The van der Waals surface area contributed by atoms with E-state index in [0.717, 1.165) is 11.3 Å². The van der Waals surface area contributed by atoms with Gasteiger partial charge in [0.1, 0.15) is 28.2 Å².